The Morgan fingerprint density at radius 1 is 0.955 bits per heavy atom. The van der Waals surface area contributed by atoms with Crippen LogP contribution in [-0.2, 0) is 0 Å². The summed E-state index contributed by atoms with van der Waals surface area (Å²) in [4.78, 5) is 13.9. The maximum absolute atomic E-state index is 14.0. The summed E-state index contributed by atoms with van der Waals surface area (Å²) in [7, 11) is 0. The molecule has 0 radical (unpaired) electrons. The molecule has 1 atom stereocenters. The Balaban J connectivity index is 1.97. The minimum Gasteiger partial charge on any atom is -0.331 e. The monoisotopic (exact) mass is 305 g/mol. The molecule has 2 aromatic rings. The molecule has 114 valence electrons. The molecule has 3 rings (SSSR count). The van der Waals surface area contributed by atoms with Gasteiger partial charge in [-0.25, -0.2) is 13.2 Å². The summed E-state index contributed by atoms with van der Waals surface area (Å²) in [5.74, 6) is -2.95. The summed E-state index contributed by atoms with van der Waals surface area (Å²) in [5.41, 5.74) is -0.198. The van der Waals surface area contributed by atoms with Crippen LogP contribution in [0.25, 0.3) is 0 Å². The van der Waals surface area contributed by atoms with Gasteiger partial charge in [-0.1, -0.05) is 24.3 Å². The number of halogens is 3. The number of likely N-dealkylation sites (tertiary alicyclic amines) is 1. The van der Waals surface area contributed by atoms with Crippen molar-refractivity contribution in [2.24, 2.45) is 0 Å². The average molecular weight is 305 g/mol. The number of carbonyl (C=O) groups is 1. The Bertz CT molecular complexity index is 697. The van der Waals surface area contributed by atoms with E-state index in [4.69, 9.17) is 0 Å². The molecular formula is C17H14F3NO. The first kappa shape index (κ1) is 14.6. The first-order valence-corrected chi connectivity index (χ1v) is 7.09. The largest absolute Gasteiger partial charge is 0.331 e. The van der Waals surface area contributed by atoms with Gasteiger partial charge < -0.3 is 4.90 Å². The summed E-state index contributed by atoms with van der Waals surface area (Å²) in [6, 6.07) is 8.98. The van der Waals surface area contributed by atoms with Crippen molar-refractivity contribution in [1.82, 2.24) is 4.90 Å². The van der Waals surface area contributed by atoms with Crippen LogP contribution in [0.1, 0.15) is 34.8 Å². The number of carbonyl (C=O) groups excluding carboxylic acids is 1. The molecule has 1 aliphatic heterocycles. The zero-order valence-electron chi connectivity index (χ0n) is 11.7. The van der Waals surface area contributed by atoms with E-state index in [0.717, 1.165) is 12.1 Å². The molecule has 1 saturated heterocycles. The third-order valence-electron chi connectivity index (χ3n) is 3.95. The number of hydrogen-bond donors (Lipinski definition) is 0. The van der Waals surface area contributed by atoms with E-state index < -0.39 is 35.0 Å². The van der Waals surface area contributed by atoms with E-state index in [1.54, 1.807) is 18.2 Å². The summed E-state index contributed by atoms with van der Waals surface area (Å²) < 4.78 is 41.6. The zero-order valence-corrected chi connectivity index (χ0v) is 11.7. The van der Waals surface area contributed by atoms with Crippen molar-refractivity contribution >= 4 is 5.91 Å². The maximum atomic E-state index is 14.0. The number of benzene rings is 2. The van der Waals surface area contributed by atoms with Gasteiger partial charge in [0.2, 0.25) is 0 Å². The van der Waals surface area contributed by atoms with Crippen molar-refractivity contribution in [1.29, 1.82) is 0 Å². The fourth-order valence-corrected chi connectivity index (χ4v) is 2.92. The lowest BCUT2D eigenvalue weighted by Crippen LogP contribution is -2.32. The first-order valence-electron chi connectivity index (χ1n) is 7.09. The molecule has 5 heteroatoms. The number of amides is 1. The lowest BCUT2D eigenvalue weighted by molar-refractivity contribution is 0.0723. The van der Waals surface area contributed by atoms with Gasteiger partial charge in [-0.3, -0.25) is 4.79 Å². The molecule has 0 saturated carbocycles. The van der Waals surface area contributed by atoms with Crippen molar-refractivity contribution in [3.8, 4) is 0 Å². The Labute approximate surface area is 126 Å². The van der Waals surface area contributed by atoms with Gasteiger partial charge in [0, 0.05) is 12.1 Å². The molecule has 0 N–H and O–H groups in total. The van der Waals surface area contributed by atoms with Crippen LogP contribution in [-0.4, -0.2) is 17.4 Å². The molecule has 0 aromatic heterocycles. The van der Waals surface area contributed by atoms with Crippen molar-refractivity contribution in [3.05, 3.63) is 71.0 Å². The second-order valence-electron chi connectivity index (χ2n) is 5.27. The Morgan fingerprint density at radius 3 is 2.27 bits per heavy atom. The zero-order chi connectivity index (χ0) is 15.7. The summed E-state index contributed by atoms with van der Waals surface area (Å²) >= 11 is 0. The highest BCUT2D eigenvalue weighted by atomic mass is 19.1. The molecule has 22 heavy (non-hydrogen) atoms. The van der Waals surface area contributed by atoms with Gasteiger partial charge in [-0.15, -0.1) is 0 Å². The second-order valence-corrected chi connectivity index (χ2v) is 5.27. The molecule has 1 amide bonds. The van der Waals surface area contributed by atoms with Gasteiger partial charge in [0.25, 0.3) is 5.91 Å². The Hall–Kier alpha value is -2.30. The lowest BCUT2D eigenvalue weighted by atomic mass is 10.0. The number of rotatable bonds is 2. The van der Waals surface area contributed by atoms with Crippen molar-refractivity contribution < 1.29 is 18.0 Å². The van der Waals surface area contributed by atoms with Gasteiger partial charge in [0.05, 0.1) is 6.04 Å². The van der Waals surface area contributed by atoms with E-state index in [1.165, 1.54) is 17.0 Å². The third-order valence-corrected chi connectivity index (χ3v) is 3.95. The second kappa shape index (κ2) is 5.83. The molecule has 2 nitrogen and oxygen atoms in total. The van der Waals surface area contributed by atoms with Crippen LogP contribution in [0.4, 0.5) is 13.2 Å². The van der Waals surface area contributed by atoms with E-state index >= 15 is 0 Å². The van der Waals surface area contributed by atoms with Crippen LogP contribution < -0.4 is 0 Å². The van der Waals surface area contributed by atoms with Crippen LogP contribution in [0.15, 0.2) is 42.5 Å². The molecular weight excluding hydrogens is 291 g/mol. The van der Waals surface area contributed by atoms with Gasteiger partial charge in [0.15, 0.2) is 0 Å². The van der Waals surface area contributed by atoms with Crippen LogP contribution in [0.2, 0.25) is 0 Å². The van der Waals surface area contributed by atoms with E-state index in [-0.39, 0.29) is 0 Å². The van der Waals surface area contributed by atoms with Crippen molar-refractivity contribution in [3.63, 3.8) is 0 Å². The van der Waals surface area contributed by atoms with Crippen LogP contribution in [0.3, 0.4) is 0 Å². The predicted molar refractivity (Wildman–Crippen MR) is 75.8 cm³/mol. The SMILES string of the molecule is O=C(c1c(F)cccc1F)N1CCC[C@@H]1c1ccccc1F. The molecule has 0 bridgehead atoms. The summed E-state index contributed by atoms with van der Waals surface area (Å²) in [5, 5.41) is 0. The molecule has 2 aromatic carbocycles. The normalized spacial score (nSPS) is 17.8. The highest BCUT2D eigenvalue weighted by Crippen LogP contribution is 2.35. The fourth-order valence-electron chi connectivity index (χ4n) is 2.92. The number of hydrogen-bond acceptors (Lipinski definition) is 1. The van der Waals surface area contributed by atoms with Gasteiger partial charge in [-0.05, 0) is 31.0 Å². The molecule has 0 aliphatic carbocycles. The minimum absolute atomic E-state index is 0.353. The van der Waals surface area contributed by atoms with Gasteiger partial charge in [-0.2, -0.15) is 0 Å². The van der Waals surface area contributed by atoms with Gasteiger partial charge >= 0.3 is 0 Å². The molecule has 0 spiro atoms. The first-order chi connectivity index (χ1) is 10.6. The Morgan fingerprint density at radius 2 is 1.59 bits per heavy atom. The maximum Gasteiger partial charge on any atom is 0.260 e. The van der Waals surface area contributed by atoms with Crippen LogP contribution in [0, 0.1) is 17.5 Å². The predicted octanol–water partition coefficient (Wildman–Crippen LogP) is 4.08. The Kier molecular flexibility index (Phi) is 3.88. The number of nitrogens with zero attached hydrogens (tertiary/aromatic N) is 1. The van der Waals surface area contributed by atoms with Crippen LogP contribution in [0.5, 0.6) is 0 Å². The third kappa shape index (κ3) is 2.47. The van der Waals surface area contributed by atoms with E-state index in [0.29, 0.717) is 24.9 Å². The molecule has 1 fully saturated rings. The van der Waals surface area contributed by atoms with Crippen molar-refractivity contribution in [2.45, 2.75) is 18.9 Å². The quantitative estimate of drug-likeness (QED) is 0.818. The molecule has 1 heterocycles. The van der Waals surface area contributed by atoms with Gasteiger partial charge in [0.1, 0.15) is 23.0 Å². The highest BCUT2D eigenvalue weighted by molar-refractivity contribution is 5.95. The molecule has 0 unspecified atom stereocenters. The topological polar surface area (TPSA) is 20.3 Å². The van der Waals surface area contributed by atoms with E-state index in [9.17, 15) is 18.0 Å². The average Bonchev–Trinajstić information content (AvgIpc) is 2.96. The standard InChI is InChI=1S/C17H14F3NO/c18-12-6-2-1-5-11(12)15-9-4-10-21(15)17(22)16-13(19)7-3-8-14(16)20/h1-3,5-8,15H,4,9-10H2/t15-/m1/s1. The summed E-state index contributed by atoms with van der Waals surface area (Å²) in [6.45, 7) is 0.353. The van der Waals surface area contributed by atoms with Crippen molar-refractivity contribution in [2.75, 3.05) is 6.54 Å². The smallest absolute Gasteiger partial charge is 0.260 e. The molecule has 1 aliphatic rings. The van der Waals surface area contributed by atoms with E-state index in [2.05, 4.69) is 0 Å². The minimum atomic E-state index is -0.899. The fraction of sp³-hybridized carbons (Fsp3) is 0.235. The summed E-state index contributed by atoms with van der Waals surface area (Å²) in [6.07, 6.45) is 1.24. The lowest BCUT2D eigenvalue weighted by Gasteiger charge is -2.25. The van der Waals surface area contributed by atoms with E-state index in [1.807, 2.05) is 0 Å². The highest BCUT2D eigenvalue weighted by Gasteiger charge is 2.34. The van der Waals surface area contributed by atoms with Crippen LogP contribution >= 0.6 is 0 Å².